The number of ether oxygens (including phenoxy) is 1. The molecule has 9 heteroatoms. The third-order valence-corrected chi connectivity index (χ3v) is 5.69. The minimum absolute atomic E-state index is 0.00521. The van der Waals surface area contributed by atoms with Gasteiger partial charge in [-0.1, -0.05) is 36.4 Å². The zero-order chi connectivity index (χ0) is 23.8. The maximum Gasteiger partial charge on any atom is 0.329 e. The van der Waals surface area contributed by atoms with E-state index in [2.05, 4.69) is 5.32 Å². The van der Waals surface area contributed by atoms with E-state index in [4.69, 9.17) is 21.0 Å². The molecule has 1 fully saturated rings. The molecular weight excluding hydrogens is 424 g/mol. The quantitative estimate of drug-likeness (QED) is 0.270. The first-order valence-corrected chi connectivity index (χ1v) is 10.9. The Hall–Kier alpha value is -3.43. The van der Waals surface area contributed by atoms with E-state index in [9.17, 15) is 14.7 Å². The zero-order valence-electron chi connectivity index (χ0n) is 18.4. The van der Waals surface area contributed by atoms with Crippen LogP contribution in [0.2, 0.25) is 0 Å². The van der Waals surface area contributed by atoms with E-state index in [1.165, 1.54) is 0 Å². The van der Waals surface area contributed by atoms with Gasteiger partial charge in [0.25, 0.3) is 0 Å². The standard InChI is InChI=1S/C24H30N4O5/c25-23(26)18-5-1-17(2-6-18)14-27-21(13-16-3-7-19(29)8-4-16)24(32)28-11-9-20(10-12-28)33-15-22(30)31/h1-8,20-21,27,29H,9-15H2,(H3,25,26)(H,30,31). The van der Waals surface area contributed by atoms with Gasteiger partial charge in [0.05, 0.1) is 12.1 Å². The summed E-state index contributed by atoms with van der Waals surface area (Å²) in [4.78, 5) is 25.8. The fourth-order valence-corrected chi connectivity index (χ4v) is 3.81. The topological polar surface area (TPSA) is 149 Å². The average Bonchev–Trinajstić information content (AvgIpc) is 2.81. The number of amidine groups is 1. The van der Waals surface area contributed by atoms with Crippen LogP contribution in [0.1, 0.15) is 29.5 Å². The van der Waals surface area contributed by atoms with E-state index >= 15 is 0 Å². The number of nitrogens with two attached hydrogens (primary N) is 1. The molecule has 0 radical (unpaired) electrons. The van der Waals surface area contributed by atoms with Gasteiger partial charge < -0.3 is 30.9 Å². The molecule has 1 saturated heterocycles. The van der Waals surface area contributed by atoms with Crippen LogP contribution in [0.5, 0.6) is 5.75 Å². The van der Waals surface area contributed by atoms with Gasteiger partial charge >= 0.3 is 5.97 Å². The van der Waals surface area contributed by atoms with Crippen LogP contribution in [0.15, 0.2) is 48.5 Å². The summed E-state index contributed by atoms with van der Waals surface area (Å²) >= 11 is 0. The molecule has 0 spiro atoms. The normalized spacial score (nSPS) is 15.2. The Kier molecular flexibility index (Phi) is 8.39. The van der Waals surface area contributed by atoms with Gasteiger partial charge in [0.1, 0.15) is 18.2 Å². The number of aromatic hydroxyl groups is 1. The number of likely N-dealkylation sites (tertiary alicyclic amines) is 1. The minimum Gasteiger partial charge on any atom is -0.508 e. The zero-order valence-corrected chi connectivity index (χ0v) is 18.4. The number of carboxylic acids is 1. The van der Waals surface area contributed by atoms with E-state index < -0.39 is 12.0 Å². The van der Waals surface area contributed by atoms with Crippen molar-refractivity contribution in [3.05, 3.63) is 65.2 Å². The summed E-state index contributed by atoms with van der Waals surface area (Å²) in [5, 5.41) is 29.2. The number of benzene rings is 2. The van der Waals surface area contributed by atoms with Crippen LogP contribution in [-0.2, 0) is 27.3 Å². The second kappa shape index (κ2) is 11.4. The van der Waals surface area contributed by atoms with Crippen molar-refractivity contribution in [2.75, 3.05) is 19.7 Å². The molecule has 0 aliphatic carbocycles. The fraction of sp³-hybridized carbons (Fsp3) is 0.375. The monoisotopic (exact) mass is 454 g/mol. The van der Waals surface area contributed by atoms with Gasteiger partial charge in [-0.25, -0.2) is 4.79 Å². The van der Waals surface area contributed by atoms with Gasteiger partial charge in [-0.15, -0.1) is 0 Å². The Morgan fingerprint density at radius 1 is 1.09 bits per heavy atom. The number of phenolic OH excluding ortho intramolecular Hbond substituents is 1. The summed E-state index contributed by atoms with van der Waals surface area (Å²) in [6.45, 7) is 1.14. The molecule has 3 rings (SSSR count). The molecule has 0 saturated carbocycles. The lowest BCUT2D eigenvalue weighted by Crippen LogP contribution is -2.50. The average molecular weight is 455 g/mol. The van der Waals surface area contributed by atoms with Gasteiger partial charge in [-0.2, -0.15) is 0 Å². The van der Waals surface area contributed by atoms with E-state index in [1.54, 1.807) is 41.3 Å². The first-order valence-electron chi connectivity index (χ1n) is 10.9. The predicted octanol–water partition coefficient (Wildman–Crippen LogP) is 1.47. The van der Waals surface area contributed by atoms with Crippen molar-refractivity contribution in [3.63, 3.8) is 0 Å². The highest BCUT2D eigenvalue weighted by atomic mass is 16.5. The van der Waals surface area contributed by atoms with Crippen LogP contribution in [0.4, 0.5) is 0 Å². The molecule has 0 bridgehead atoms. The molecule has 2 aromatic carbocycles. The number of hydrogen-bond acceptors (Lipinski definition) is 6. The molecule has 0 aromatic heterocycles. The van der Waals surface area contributed by atoms with E-state index in [-0.39, 0.29) is 30.2 Å². The lowest BCUT2D eigenvalue weighted by Gasteiger charge is -2.34. The van der Waals surface area contributed by atoms with Crippen LogP contribution in [-0.4, -0.2) is 64.7 Å². The van der Waals surface area contributed by atoms with E-state index in [1.807, 2.05) is 12.1 Å². The van der Waals surface area contributed by atoms with Crippen LogP contribution < -0.4 is 11.1 Å². The number of carbonyl (C=O) groups is 2. The Balaban J connectivity index is 1.64. The fourth-order valence-electron chi connectivity index (χ4n) is 3.81. The van der Waals surface area contributed by atoms with Crippen molar-refractivity contribution < 1.29 is 24.5 Å². The van der Waals surface area contributed by atoms with E-state index in [0.717, 1.165) is 11.1 Å². The Morgan fingerprint density at radius 3 is 2.27 bits per heavy atom. The number of hydrogen-bond donors (Lipinski definition) is 5. The third kappa shape index (κ3) is 7.30. The highest BCUT2D eigenvalue weighted by Crippen LogP contribution is 2.17. The molecule has 1 aliphatic heterocycles. The predicted molar refractivity (Wildman–Crippen MR) is 123 cm³/mol. The van der Waals surface area contributed by atoms with Crippen molar-refractivity contribution in [3.8, 4) is 5.75 Å². The van der Waals surface area contributed by atoms with Gasteiger partial charge in [0.15, 0.2) is 0 Å². The number of phenols is 1. The van der Waals surface area contributed by atoms with Gasteiger partial charge in [0, 0.05) is 25.2 Å². The number of rotatable bonds is 10. The third-order valence-electron chi connectivity index (χ3n) is 5.69. The Bertz CT molecular complexity index is 954. The molecule has 1 heterocycles. The van der Waals surface area contributed by atoms with Crippen molar-refractivity contribution in [1.82, 2.24) is 10.2 Å². The lowest BCUT2D eigenvalue weighted by atomic mass is 10.0. The molecular formula is C24H30N4O5. The summed E-state index contributed by atoms with van der Waals surface area (Å²) in [6, 6.07) is 13.6. The van der Waals surface area contributed by atoms with Gasteiger partial charge in [0.2, 0.25) is 5.91 Å². The van der Waals surface area contributed by atoms with Crippen LogP contribution >= 0.6 is 0 Å². The molecule has 1 amide bonds. The van der Waals surface area contributed by atoms with Gasteiger partial charge in [-0.3, -0.25) is 10.2 Å². The molecule has 1 atom stereocenters. The SMILES string of the molecule is N=C(N)c1ccc(CNC(Cc2ccc(O)cc2)C(=O)N2CCC(OCC(=O)O)CC2)cc1. The number of nitrogens with one attached hydrogen (secondary N) is 2. The largest absolute Gasteiger partial charge is 0.508 e. The first-order chi connectivity index (χ1) is 15.8. The molecule has 1 aliphatic rings. The lowest BCUT2D eigenvalue weighted by molar-refractivity contribution is -0.147. The van der Waals surface area contributed by atoms with Crippen molar-refractivity contribution in [2.24, 2.45) is 5.73 Å². The number of carbonyl (C=O) groups excluding carboxylic acids is 1. The number of nitrogen functional groups attached to an aromatic ring is 1. The van der Waals surface area contributed by atoms with Crippen molar-refractivity contribution >= 4 is 17.7 Å². The van der Waals surface area contributed by atoms with Crippen LogP contribution in [0.3, 0.4) is 0 Å². The number of amides is 1. The van der Waals surface area contributed by atoms with Crippen LogP contribution in [0, 0.1) is 5.41 Å². The maximum atomic E-state index is 13.3. The summed E-state index contributed by atoms with van der Waals surface area (Å²) < 4.78 is 5.37. The second-order valence-corrected chi connectivity index (χ2v) is 8.14. The molecule has 1 unspecified atom stereocenters. The molecule has 176 valence electrons. The Morgan fingerprint density at radius 2 is 1.70 bits per heavy atom. The van der Waals surface area contributed by atoms with Gasteiger partial charge in [-0.05, 0) is 42.5 Å². The summed E-state index contributed by atoms with van der Waals surface area (Å²) in [5.41, 5.74) is 8.04. The summed E-state index contributed by atoms with van der Waals surface area (Å²) in [5.74, 6) is -0.850. The molecule has 9 nitrogen and oxygen atoms in total. The number of nitrogens with zero attached hydrogens (tertiary/aromatic N) is 1. The number of carboxylic acid groups (broad SMARTS) is 1. The summed E-state index contributed by atoms with van der Waals surface area (Å²) in [7, 11) is 0. The highest BCUT2D eigenvalue weighted by molar-refractivity contribution is 5.94. The van der Waals surface area contributed by atoms with E-state index in [0.29, 0.717) is 44.5 Å². The minimum atomic E-state index is -0.997. The molecule has 2 aromatic rings. The van der Waals surface area contributed by atoms with Crippen molar-refractivity contribution in [1.29, 1.82) is 5.41 Å². The van der Waals surface area contributed by atoms with Crippen LogP contribution in [0.25, 0.3) is 0 Å². The van der Waals surface area contributed by atoms with Crippen molar-refractivity contribution in [2.45, 2.75) is 38.0 Å². The second-order valence-electron chi connectivity index (χ2n) is 8.14. The first kappa shape index (κ1) is 24.2. The Labute approximate surface area is 192 Å². The smallest absolute Gasteiger partial charge is 0.329 e. The molecule has 33 heavy (non-hydrogen) atoms. The maximum absolute atomic E-state index is 13.3. The molecule has 6 N–H and O–H groups in total. The number of piperidine rings is 1. The summed E-state index contributed by atoms with van der Waals surface area (Å²) in [6.07, 6.45) is 1.49. The number of aliphatic carboxylic acids is 1. The highest BCUT2D eigenvalue weighted by Gasteiger charge is 2.29.